The maximum atomic E-state index is 9.22. The molecule has 2 N–H and O–H groups in total. The van der Waals surface area contributed by atoms with Crippen molar-refractivity contribution in [2.45, 2.75) is 57.9 Å². The van der Waals surface area contributed by atoms with Gasteiger partial charge in [0.15, 0.2) is 0 Å². The van der Waals surface area contributed by atoms with E-state index in [1.54, 1.807) is 0 Å². The van der Waals surface area contributed by atoms with Crippen molar-refractivity contribution in [3.63, 3.8) is 0 Å². The number of aliphatic imine (C=N–C) groups is 1. The highest BCUT2D eigenvalue weighted by molar-refractivity contribution is 5.83. The van der Waals surface area contributed by atoms with E-state index in [4.69, 9.17) is 0 Å². The minimum absolute atomic E-state index is 0.000122. The molecule has 0 aromatic carbocycles. The number of aliphatic hydroxyl groups is 1. The smallest absolute Gasteiger partial charge is 0.128 e. The Hall–Kier alpha value is -1.29. The summed E-state index contributed by atoms with van der Waals surface area (Å²) in [4.78, 5) is 6.84. The van der Waals surface area contributed by atoms with Crippen molar-refractivity contribution in [3.05, 3.63) is 24.2 Å². The number of nitrogens with zero attached hydrogens (tertiary/aromatic N) is 2. The fraction of sp³-hybridized carbons (Fsp3) is 0.706. The van der Waals surface area contributed by atoms with Crippen LogP contribution >= 0.6 is 0 Å². The zero-order valence-corrected chi connectivity index (χ0v) is 13.3. The molecular formula is C17H29N3O. The molecule has 0 bridgehead atoms. The molecule has 1 aliphatic carbocycles. The Morgan fingerprint density at radius 1 is 1.24 bits per heavy atom. The minimum Gasteiger partial charge on any atom is -0.390 e. The normalized spacial score (nSPS) is 21.7. The number of aliphatic hydroxyl groups excluding tert-OH is 1. The zero-order chi connectivity index (χ0) is 15.1. The standard InChI is InChI=1S/C17H29N3O/c1-14(13-21)18-17(19-16-8-4-3-5-9-16)12-15(2)20-10-6-7-11-20/h12,16,19,21H,2-11,13H2,1H3/b17-12+,18-14+. The lowest BCUT2D eigenvalue weighted by atomic mass is 9.95. The molecule has 2 aliphatic rings. The van der Waals surface area contributed by atoms with Crippen LogP contribution in [0.25, 0.3) is 0 Å². The topological polar surface area (TPSA) is 47.9 Å². The van der Waals surface area contributed by atoms with Gasteiger partial charge in [0.25, 0.3) is 0 Å². The summed E-state index contributed by atoms with van der Waals surface area (Å²) in [5.41, 5.74) is 1.76. The largest absolute Gasteiger partial charge is 0.390 e. The quantitative estimate of drug-likeness (QED) is 0.584. The van der Waals surface area contributed by atoms with Crippen LogP contribution in [0, 0.1) is 0 Å². The van der Waals surface area contributed by atoms with E-state index in [9.17, 15) is 5.11 Å². The van der Waals surface area contributed by atoms with Gasteiger partial charge in [0.1, 0.15) is 5.82 Å². The highest BCUT2D eigenvalue weighted by Crippen LogP contribution is 2.20. The summed E-state index contributed by atoms with van der Waals surface area (Å²) < 4.78 is 0. The van der Waals surface area contributed by atoms with Gasteiger partial charge in [-0.3, -0.25) is 0 Å². The fourth-order valence-electron chi connectivity index (χ4n) is 3.06. The molecule has 4 heteroatoms. The van der Waals surface area contributed by atoms with E-state index in [0.29, 0.717) is 6.04 Å². The molecule has 2 rings (SSSR count). The Bertz CT molecular complexity index is 402. The minimum atomic E-state index is -0.000122. The first-order chi connectivity index (χ1) is 10.2. The molecule has 0 spiro atoms. The van der Waals surface area contributed by atoms with Crippen molar-refractivity contribution in [2.24, 2.45) is 4.99 Å². The van der Waals surface area contributed by atoms with Gasteiger partial charge in [0.05, 0.1) is 6.61 Å². The maximum absolute atomic E-state index is 9.22. The first-order valence-corrected chi connectivity index (χ1v) is 8.26. The Balaban J connectivity index is 2.04. The van der Waals surface area contributed by atoms with Gasteiger partial charge < -0.3 is 15.3 Å². The lowest BCUT2D eigenvalue weighted by Crippen LogP contribution is -2.30. The van der Waals surface area contributed by atoms with Crippen LogP contribution in [-0.4, -0.2) is 41.5 Å². The molecule has 0 unspecified atom stereocenters. The summed E-state index contributed by atoms with van der Waals surface area (Å²) in [7, 11) is 0. The second kappa shape index (κ2) is 8.23. The number of rotatable bonds is 6. The molecule has 0 radical (unpaired) electrons. The third kappa shape index (κ3) is 5.20. The molecule has 118 valence electrons. The Labute approximate surface area is 128 Å². The van der Waals surface area contributed by atoms with Crippen LogP contribution in [0.5, 0.6) is 0 Å². The Morgan fingerprint density at radius 2 is 1.90 bits per heavy atom. The van der Waals surface area contributed by atoms with E-state index in [0.717, 1.165) is 30.3 Å². The maximum Gasteiger partial charge on any atom is 0.128 e. The molecule has 0 atom stereocenters. The number of allylic oxidation sites excluding steroid dienone is 1. The summed E-state index contributed by atoms with van der Waals surface area (Å²) in [5.74, 6) is 0.852. The number of hydrogen-bond donors (Lipinski definition) is 2. The second-order valence-electron chi connectivity index (χ2n) is 6.20. The van der Waals surface area contributed by atoms with Gasteiger partial charge in [-0.15, -0.1) is 0 Å². The third-order valence-corrected chi connectivity index (χ3v) is 4.31. The first kappa shape index (κ1) is 16.1. The Kier molecular flexibility index (Phi) is 6.30. The van der Waals surface area contributed by atoms with Crippen molar-refractivity contribution in [3.8, 4) is 0 Å². The molecule has 4 nitrogen and oxygen atoms in total. The van der Waals surface area contributed by atoms with Gasteiger partial charge in [-0.05, 0) is 32.6 Å². The highest BCUT2D eigenvalue weighted by atomic mass is 16.3. The van der Waals surface area contributed by atoms with Crippen LogP contribution < -0.4 is 5.32 Å². The Morgan fingerprint density at radius 3 is 2.52 bits per heavy atom. The number of likely N-dealkylation sites (tertiary alicyclic amines) is 1. The van der Waals surface area contributed by atoms with Crippen LogP contribution in [0.2, 0.25) is 0 Å². The van der Waals surface area contributed by atoms with Gasteiger partial charge in [-0.25, -0.2) is 4.99 Å². The van der Waals surface area contributed by atoms with Crippen molar-refractivity contribution < 1.29 is 5.11 Å². The van der Waals surface area contributed by atoms with Gasteiger partial charge in [-0.1, -0.05) is 25.8 Å². The van der Waals surface area contributed by atoms with E-state index in [2.05, 4.69) is 21.8 Å². The molecule has 21 heavy (non-hydrogen) atoms. The van der Waals surface area contributed by atoms with E-state index >= 15 is 0 Å². The molecule has 1 aliphatic heterocycles. The summed E-state index contributed by atoms with van der Waals surface area (Å²) in [6, 6.07) is 0.506. The average Bonchev–Trinajstić information content (AvgIpc) is 3.02. The second-order valence-corrected chi connectivity index (χ2v) is 6.20. The molecule has 0 aromatic rings. The first-order valence-electron chi connectivity index (χ1n) is 8.26. The van der Waals surface area contributed by atoms with Crippen molar-refractivity contribution >= 4 is 5.71 Å². The summed E-state index contributed by atoms with van der Waals surface area (Å²) in [6.45, 7) is 8.22. The van der Waals surface area contributed by atoms with Crippen LogP contribution in [0.15, 0.2) is 29.2 Å². The van der Waals surface area contributed by atoms with E-state index in [-0.39, 0.29) is 6.61 Å². The van der Waals surface area contributed by atoms with Crippen LogP contribution in [0.1, 0.15) is 51.9 Å². The van der Waals surface area contributed by atoms with Gasteiger partial charge in [-0.2, -0.15) is 0 Å². The monoisotopic (exact) mass is 291 g/mol. The fourth-order valence-corrected chi connectivity index (χ4v) is 3.06. The van der Waals surface area contributed by atoms with Gasteiger partial charge in [0, 0.05) is 36.6 Å². The van der Waals surface area contributed by atoms with Gasteiger partial charge >= 0.3 is 0 Å². The summed E-state index contributed by atoms with van der Waals surface area (Å²) in [5, 5.41) is 12.8. The molecule has 0 amide bonds. The molecule has 1 heterocycles. The van der Waals surface area contributed by atoms with Crippen LogP contribution in [0.3, 0.4) is 0 Å². The number of nitrogens with one attached hydrogen (secondary N) is 1. The lowest BCUT2D eigenvalue weighted by molar-refractivity contribution is 0.356. The summed E-state index contributed by atoms with van der Waals surface area (Å²) in [6.07, 6.45) is 10.9. The van der Waals surface area contributed by atoms with E-state index < -0.39 is 0 Å². The number of hydrogen-bond acceptors (Lipinski definition) is 4. The van der Waals surface area contributed by atoms with Crippen LogP contribution in [0.4, 0.5) is 0 Å². The van der Waals surface area contributed by atoms with Crippen LogP contribution in [-0.2, 0) is 0 Å². The van der Waals surface area contributed by atoms with Crippen molar-refractivity contribution in [2.75, 3.05) is 19.7 Å². The molecule has 0 aromatic heterocycles. The van der Waals surface area contributed by atoms with E-state index in [1.165, 1.54) is 44.9 Å². The summed E-state index contributed by atoms with van der Waals surface area (Å²) >= 11 is 0. The van der Waals surface area contributed by atoms with Crippen molar-refractivity contribution in [1.29, 1.82) is 0 Å². The average molecular weight is 291 g/mol. The van der Waals surface area contributed by atoms with E-state index in [1.807, 2.05) is 13.0 Å². The molecular weight excluding hydrogens is 262 g/mol. The zero-order valence-electron chi connectivity index (χ0n) is 13.3. The van der Waals surface area contributed by atoms with Gasteiger partial charge in [0.2, 0.25) is 0 Å². The lowest BCUT2D eigenvalue weighted by Gasteiger charge is -2.25. The predicted octanol–water partition coefficient (Wildman–Crippen LogP) is 2.81. The third-order valence-electron chi connectivity index (χ3n) is 4.31. The van der Waals surface area contributed by atoms with Crippen molar-refractivity contribution in [1.82, 2.24) is 10.2 Å². The highest BCUT2D eigenvalue weighted by Gasteiger charge is 2.16. The molecule has 1 saturated carbocycles. The predicted molar refractivity (Wildman–Crippen MR) is 88.2 cm³/mol. The molecule has 2 fully saturated rings. The SMILES string of the molecule is C=C(/C=C(\N=C(/C)CO)NC1CCCCC1)N1CCCC1. The molecule has 1 saturated heterocycles.